The standard InChI is InChI=1S/C13H16O2S2/c1-2-12(14)13(11-7-4-3-5-8-11)16-9-6-10-17(13)15/h3-5,7-8H,2,6,9-10H2,1H3/t13-,17-/m1/s1. The summed E-state index contributed by atoms with van der Waals surface area (Å²) in [6.45, 7) is 1.85. The van der Waals surface area contributed by atoms with E-state index in [4.69, 9.17) is 0 Å². The third kappa shape index (κ3) is 2.20. The Balaban J connectivity index is 2.50. The van der Waals surface area contributed by atoms with Crippen molar-refractivity contribution in [2.75, 3.05) is 11.5 Å². The van der Waals surface area contributed by atoms with Gasteiger partial charge >= 0.3 is 0 Å². The number of hydrogen-bond donors (Lipinski definition) is 0. The van der Waals surface area contributed by atoms with Crippen LogP contribution >= 0.6 is 11.8 Å². The SMILES string of the molecule is CCC(=O)[C@]1(c2ccccc2)SCCC[S@]1=O. The number of carbonyl (C=O) groups is 1. The Morgan fingerprint density at radius 1 is 1.41 bits per heavy atom. The Bertz CT molecular complexity index is 420. The summed E-state index contributed by atoms with van der Waals surface area (Å²) in [5.41, 5.74) is 0.898. The second-order valence-electron chi connectivity index (χ2n) is 4.01. The number of thioether (sulfide) groups is 1. The van der Waals surface area contributed by atoms with E-state index in [1.165, 1.54) is 0 Å². The van der Waals surface area contributed by atoms with Crippen LogP contribution in [0.3, 0.4) is 0 Å². The Morgan fingerprint density at radius 2 is 2.12 bits per heavy atom. The van der Waals surface area contributed by atoms with E-state index in [2.05, 4.69) is 0 Å². The van der Waals surface area contributed by atoms with Crippen LogP contribution in [0.1, 0.15) is 25.3 Å². The summed E-state index contributed by atoms with van der Waals surface area (Å²) in [6, 6.07) is 9.58. The molecule has 1 fully saturated rings. The van der Waals surface area contributed by atoms with Crippen molar-refractivity contribution in [1.29, 1.82) is 0 Å². The molecular weight excluding hydrogens is 252 g/mol. The second kappa shape index (κ2) is 5.36. The lowest BCUT2D eigenvalue weighted by atomic mass is 10.1. The number of hydrogen-bond acceptors (Lipinski definition) is 3. The number of carbonyl (C=O) groups excluding carboxylic acids is 1. The Labute approximate surface area is 109 Å². The topological polar surface area (TPSA) is 34.1 Å². The molecule has 2 rings (SSSR count). The lowest BCUT2D eigenvalue weighted by molar-refractivity contribution is -0.119. The van der Waals surface area contributed by atoms with E-state index in [9.17, 15) is 9.00 Å². The van der Waals surface area contributed by atoms with Gasteiger partial charge in [-0.15, -0.1) is 11.8 Å². The second-order valence-corrected chi connectivity index (χ2v) is 7.29. The van der Waals surface area contributed by atoms with Crippen molar-refractivity contribution in [2.45, 2.75) is 23.8 Å². The fraction of sp³-hybridized carbons (Fsp3) is 0.462. The van der Waals surface area contributed by atoms with Crippen molar-refractivity contribution < 1.29 is 9.00 Å². The Kier molecular flexibility index (Phi) is 4.05. The van der Waals surface area contributed by atoms with Crippen molar-refractivity contribution >= 4 is 28.3 Å². The summed E-state index contributed by atoms with van der Waals surface area (Å²) in [5, 5.41) is 0. The van der Waals surface area contributed by atoms with Gasteiger partial charge in [0.25, 0.3) is 0 Å². The van der Waals surface area contributed by atoms with Crippen LogP contribution in [0, 0.1) is 0 Å². The maximum atomic E-state index is 12.4. The quantitative estimate of drug-likeness (QED) is 0.845. The van der Waals surface area contributed by atoms with Gasteiger partial charge in [-0.25, -0.2) is 0 Å². The van der Waals surface area contributed by atoms with Crippen LogP contribution in [0.5, 0.6) is 0 Å². The van der Waals surface area contributed by atoms with Gasteiger partial charge < -0.3 is 0 Å². The van der Waals surface area contributed by atoms with E-state index in [0.29, 0.717) is 12.2 Å². The molecule has 17 heavy (non-hydrogen) atoms. The zero-order chi connectivity index (χ0) is 12.3. The van der Waals surface area contributed by atoms with E-state index in [1.807, 2.05) is 37.3 Å². The Morgan fingerprint density at radius 3 is 2.71 bits per heavy atom. The molecule has 0 N–H and O–H groups in total. The molecule has 0 radical (unpaired) electrons. The molecule has 4 heteroatoms. The van der Waals surface area contributed by atoms with Crippen LogP contribution in [0.2, 0.25) is 0 Å². The minimum Gasteiger partial charge on any atom is -0.297 e. The van der Waals surface area contributed by atoms with E-state index >= 15 is 0 Å². The van der Waals surface area contributed by atoms with Crippen LogP contribution in [0.4, 0.5) is 0 Å². The first-order valence-corrected chi connectivity index (χ1v) is 8.13. The molecule has 1 heterocycles. The van der Waals surface area contributed by atoms with Crippen LogP contribution in [0.25, 0.3) is 0 Å². The van der Waals surface area contributed by atoms with Gasteiger partial charge in [-0.2, -0.15) is 0 Å². The van der Waals surface area contributed by atoms with E-state index < -0.39 is 14.9 Å². The summed E-state index contributed by atoms with van der Waals surface area (Å²) in [6.07, 6.45) is 1.37. The molecule has 1 aromatic rings. The normalized spacial score (nSPS) is 28.9. The van der Waals surface area contributed by atoms with Crippen LogP contribution in [-0.4, -0.2) is 21.5 Å². The van der Waals surface area contributed by atoms with Crippen molar-refractivity contribution in [3.63, 3.8) is 0 Å². The van der Waals surface area contributed by atoms with E-state index in [-0.39, 0.29) is 5.78 Å². The highest BCUT2D eigenvalue weighted by Gasteiger charge is 2.46. The largest absolute Gasteiger partial charge is 0.297 e. The monoisotopic (exact) mass is 268 g/mol. The van der Waals surface area contributed by atoms with Crippen LogP contribution < -0.4 is 0 Å². The number of ketones is 1. The van der Waals surface area contributed by atoms with Crippen molar-refractivity contribution in [1.82, 2.24) is 0 Å². The minimum absolute atomic E-state index is 0.0896. The average molecular weight is 268 g/mol. The molecule has 2 atom stereocenters. The van der Waals surface area contributed by atoms with Gasteiger partial charge in [-0.3, -0.25) is 9.00 Å². The number of benzene rings is 1. The fourth-order valence-electron chi connectivity index (χ4n) is 2.09. The predicted octanol–water partition coefficient (Wildman–Crippen LogP) is 2.70. The fourth-order valence-corrected chi connectivity index (χ4v) is 5.97. The first-order valence-electron chi connectivity index (χ1n) is 5.83. The predicted molar refractivity (Wildman–Crippen MR) is 73.5 cm³/mol. The van der Waals surface area contributed by atoms with Crippen molar-refractivity contribution in [2.24, 2.45) is 0 Å². The average Bonchev–Trinajstić information content (AvgIpc) is 2.39. The summed E-state index contributed by atoms with van der Waals surface area (Å²) in [7, 11) is -1.10. The minimum atomic E-state index is -1.10. The molecule has 1 aromatic carbocycles. The zero-order valence-electron chi connectivity index (χ0n) is 9.85. The van der Waals surface area contributed by atoms with Crippen LogP contribution in [-0.2, 0) is 19.7 Å². The first kappa shape index (κ1) is 12.8. The molecule has 0 amide bonds. The third-order valence-corrected chi connectivity index (χ3v) is 6.98. The smallest absolute Gasteiger partial charge is 0.174 e. The maximum Gasteiger partial charge on any atom is 0.174 e. The highest BCUT2D eigenvalue weighted by atomic mass is 32.2. The molecule has 1 aliphatic rings. The van der Waals surface area contributed by atoms with Gasteiger partial charge in [0.15, 0.2) is 9.86 Å². The van der Waals surface area contributed by atoms with Gasteiger partial charge in [0.05, 0.1) is 0 Å². The molecule has 0 bridgehead atoms. The number of rotatable bonds is 3. The maximum absolute atomic E-state index is 12.4. The highest BCUT2D eigenvalue weighted by molar-refractivity contribution is 8.13. The summed E-state index contributed by atoms with van der Waals surface area (Å²) < 4.78 is 11.6. The highest BCUT2D eigenvalue weighted by Crippen LogP contribution is 2.45. The van der Waals surface area contributed by atoms with Gasteiger partial charge in [0, 0.05) is 23.0 Å². The molecule has 0 unspecified atom stereocenters. The Hall–Kier alpha value is -0.610. The molecule has 1 aliphatic heterocycles. The molecule has 1 saturated heterocycles. The molecule has 92 valence electrons. The molecule has 0 saturated carbocycles. The zero-order valence-corrected chi connectivity index (χ0v) is 11.5. The third-order valence-electron chi connectivity index (χ3n) is 2.94. The lowest BCUT2D eigenvalue weighted by Gasteiger charge is -2.34. The van der Waals surface area contributed by atoms with E-state index in [0.717, 1.165) is 17.7 Å². The molecular formula is C13H16O2S2. The van der Waals surface area contributed by atoms with Gasteiger partial charge in [0.2, 0.25) is 0 Å². The van der Waals surface area contributed by atoms with Crippen LogP contribution in [0.15, 0.2) is 30.3 Å². The lowest BCUT2D eigenvalue weighted by Crippen LogP contribution is -2.41. The van der Waals surface area contributed by atoms with Crippen molar-refractivity contribution in [3.05, 3.63) is 35.9 Å². The summed E-state index contributed by atoms with van der Waals surface area (Å²) >= 11 is 1.55. The summed E-state index contributed by atoms with van der Waals surface area (Å²) in [5.74, 6) is 1.63. The van der Waals surface area contributed by atoms with Gasteiger partial charge in [0.1, 0.15) is 0 Å². The number of Topliss-reactive ketones (excluding diaryl/α,β-unsaturated/α-hetero) is 1. The van der Waals surface area contributed by atoms with E-state index in [1.54, 1.807) is 11.8 Å². The molecule has 2 nitrogen and oxygen atoms in total. The molecule has 0 spiro atoms. The molecule has 0 aromatic heterocycles. The first-order chi connectivity index (χ1) is 8.21. The van der Waals surface area contributed by atoms with Gasteiger partial charge in [-0.05, 0) is 17.7 Å². The summed E-state index contributed by atoms with van der Waals surface area (Å²) in [4.78, 5) is 12.3. The van der Waals surface area contributed by atoms with Crippen molar-refractivity contribution in [3.8, 4) is 0 Å². The molecule has 0 aliphatic carbocycles. The van der Waals surface area contributed by atoms with Gasteiger partial charge in [-0.1, -0.05) is 37.3 Å².